The summed E-state index contributed by atoms with van der Waals surface area (Å²) < 4.78 is 0. The zero-order valence-electron chi connectivity index (χ0n) is 10.8. The van der Waals surface area contributed by atoms with Crippen molar-refractivity contribution < 1.29 is 10.3 Å². The highest BCUT2D eigenvalue weighted by Gasteiger charge is 2.25. The van der Waals surface area contributed by atoms with E-state index in [2.05, 4.69) is 15.5 Å². The number of amidine groups is 1. The fraction of sp³-hybridized carbons (Fsp3) is 0.538. The fourth-order valence-corrected chi connectivity index (χ4v) is 2.55. The van der Waals surface area contributed by atoms with Gasteiger partial charge in [0.1, 0.15) is 5.69 Å². The second-order valence-electron chi connectivity index (χ2n) is 4.90. The van der Waals surface area contributed by atoms with Crippen molar-refractivity contribution in [2.75, 3.05) is 6.61 Å². The van der Waals surface area contributed by atoms with E-state index in [-0.39, 0.29) is 12.4 Å². The van der Waals surface area contributed by atoms with E-state index in [0.717, 1.165) is 24.8 Å². The molecule has 1 aliphatic carbocycles. The van der Waals surface area contributed by atoms with Gasteiger partial charge in [0.05, 0.1) is 0 Å². The molecule has 5 N–H and O–H groups in total. The first-order chi connectivity index (χ1) is 9.24. The lowest BCUT2D eigenvalue weighted by atomic mass is 10.0. The fourth-order valence-electron chi connectivity index (χ4n) is 2.55. The summed E-state index contributed by atoms with van der Waals surface area (Å²) in [6, 6.07) is 4.06. The van der Waals surface area contributed by atoms with Gasteiger partial charge in [-0.2, -0.15) is 0 Å². The number of nitrogens with zero attached hydrogens (tertiary/aromatic N) is 2. The molecule has 0 bridgehead atoms. The second-order valence-corrected chi connectivity index (χ2v) is 4.90. The van der Waals surface area contributed by atoms with Crippen LogP contribution < -0.4 is 11.1 Å². The average Bonchev–Trinajstić information content (AvgIpc) is 2.92. The molecule has 2 unspecified atom stereocenters. The average molecular weight is 264 g/mol. The highest BCUT2D eigenvalue weighted by molar-refractivity contribution is 5.95. The maximum absolute atomic E-state index is 9.27. The Hall–Kier alpha value is -1.66. The van der Waals surface area contributed by atoms with Gasteiger partial charge in [-0.05, 0) is 36.5 Å². The van der Waals surface area contributed by atoms with Gasteiger partial charge in [-0.15, -0.1) is 0 Å². The van der Waals surface area contributed by atoms with Crippen LogP contribution >= 0.6 is 0 Å². The number of aromatic nitrogens is 1. The van der Waals surface area contributed by atoms with E-state index in [1.54, 1.807) is 12.3 Å². The molecule has 1 aliphatic rings. The van der Waals surface area contributed by atoms with Crippen molar-refractivity contribution in [3.05, 3.63) is 29.6 Å². The molecule has 104 valence electrons. The summed E-state index contributed by atoms with van der Waals surface area (Å²) in [7, 11) is 0. The van der Waals surface area contributed by atoms with Gasteiger partial charge in [-0.1, -0.05) is 11.6 Å². The normalized spacial score (nSPS) is 23.7. The van der Waals surface area contributed by atoms with Crippen molar-refractivity contribution in [3.63, 3.8) is 0 Å². The summed E-state index contributed by atoms with van der Waals surface area (Å²) in [6.07, 6.45) is 4.99. The van der Waals surface area contributed by atoms with Gasteiger partial charge in [-0.25, -0.2) is 0 Å². The molecule has 1 fully saturated rings. The van der Waals surface area contributed by atoms with E-state index in [9.17, 15) is 5.11 Å². The van der Waals surface area contributed by atoms with Crippen LogP contribution in [0, 0.1) is 5.92 Å². The first kappa shape index (κ1) is 13.8. The minimum absolute atomic E-state index is 0.0101. The van der Waals surface area contributed by atoms with E-state index in [4.69, 9.17) is 10.9 Å². The van der Waals surface area contributed by atoms with Gasteiger partial charge in [-0.3, -0.25) is 4.98 Å². The van der Waals surface area contributed by atoms with Crippen molar-refractivity contribution in [2.24, 2.45) is 16.8 Å². The SMILES string of the molecule is N/C(=N/O)c1cc(CNC2CCCC2CO)ccn1. The van der Waals surface area contributed by atoms with Crippen molar-refractivity contribution in [3.8, 4) is 0 Å². The van der Waals surface area contributed by atoms with Gasteiger partial charge in [0.15, 0.2) is 5.84 Å². The molecule has 0 spiro atoms. The van der Waals surface area contributed by atoms with E-state index in [0.29, 0.717) is 24.2 Å². The molecule has 0 aliphatic heterocycles. The first-order valence-electron chi connectivity index (χ1n) is 6.51. The van der Waals surface area contributed by atoms with Gasteiger partial charge in [0.2, 0.25) is 0 Å². The minimum Gasteiger partial charge on any atom is -0.409 e. The summed E-state index contributed by atoms with van der Waals surface area (Å²) >= 11 is 0. The van der Waals surface area contributed by atoms with Crippen LogP contribution in [0.3, 0.4) is 0 Å². The van der Waals surface area contributed by atoms with Crippen LogP contribution in [0.1, 0.15) is 30.5 Å². The predicted molar refractivity (Wildman–Crippen MR) is 71.8 cm³/mol. The number of nitrogens with two attached hydrogens (primary N) is 1. The van der Waals surface area contributed by atoms with Crippen LogP contribution in [0.2, 0.25) is 0 Å². The topological polar surface area (TPSA) is 104 Å². The van der Waals surface area contributed by atoms with E-state index >= 15 is 0 Å². The molecular formula is C13H20N4O2. The molecular weight excluding hydrogens is 244 g/mol. The Morgan fingerprint density at radius 3 is 3.11 bits per heavy atom. The van der Waals surface area contributed by atoms with Crippen LogP contribution in [0.25, 0.3) is 0 Å². The second kappa shape index (κ2) is 6.49. The monoisotopic (exact) mass is 264 g/mol. The summed E-state index contributed by atoms with van der Waals surface area (Å²) in [5.74, 6) is 0.362. The number of nitrogens with one attached hydrogen (secondary N) is 1. The lowest BCUT2D eigenvalue weighted by Crippen LogP contribution is -2.33. The maximum atomic E-state index is 9.27. The Kier molecular flexibility index (Phi) is 4.70. The molecule has 2 atom stereocenters. The van der Waals surface area contributed by atoms with Crippen LogP contribution in [0.5, 0.6) is 0 Å². The maximum Gasteiger partial charge on any atom is 0.188 e. The zero-order valence-corrected chi connectivity index (χ0v) is 10.8. The molecule has 6 nitrogen and oxygen atoms in total. The summed E-state index contributed by atoms with van der Waals surface area (Å²) in [6.45, 7) is 0.929. The molecule has 1 saturated carbocycles. The predicted octanol–water partition coefficient (Wildman–Crippen LogP) is 0.427. The third kappa shape index (κ3) is 3.42. The van der Waals surface area contributed by atoms with E-state index in [1.807, 2.05) is 6.07 Å². The number of oxime groups is 1. The molecule has 0 aromatic carbocycles. The quantitative estimate of drug-likeness (QED) is 0.267. The zero-order chi connectivity index (χ0) is 13.7. The molecule has 2 rings (SSSR count). The molecule has 0 saturated heterocycles. The largest absolute Gasteiger partial charge is 0.409 e. The van der Waals surface area contributed by atoms with Gasteiger partial charge >= 0.3 is 0 Å². The van der Waals surface area contributed by atoms with Crippen LogP contribution in [0.4, 0.5) is 0 Å². The highest BCUT2D eigenvalue weighted by atomic mass is 16.4. The minimum atomic E-state index is 0.0101. The summed E-state index contributed by atoms with van der Waals surface area (Å²) in [5, 5.41) is 24.3. The molecule has 0 radical (unpaired) electrons. The van der Waals surface area contributed by atoms with Gasteiger partial charge < -0.3 is 21.4 Å². The molecule has 1 aromatic heterocycles. The number of hydrogen-bond donors (Lipinski definition) is 4. The van der Waals surface area contributed by atoms with Crippen molar-refractivity contribution in [1.29, 1.82) is 0 Å². The molecule has 1 heterocycles. The lowest BCUT2D eigenvalue weighted by molar-refractivity contribution is 0.205. The third-order valence-corrected chi connectivity index (χ3v) is 3.66. The Morgan fingerprint density at radius 1 is 1.53 bits per heavy atom. The molecule has 6 heteroatoms. The van der Waals surface area contributed by atoms with Crippen LogP contribution in [-0.4, -0.2) is 33.8 Å². The standard InChI is InChI=1S/C13H20N4O2/c14-13(17-19)12-6-9(4-5-15-12)7-16-11-3-1-2-10(11)8-18/h4-6,10-11,16,18-19H,1-3,7-8H2,(H2,14,17). The Morgan fingerprint density at radius 2 is 2.37 bits per heavy atom. The van der Waals surface area contributed by atoms with Gasteiger partial charge in [0, 0.05) is 25.4 Å². The Bertz CT molecular complexity index is 450. The number of rotatable bonds is 5. The van der Waals surface area contributed by atoms with Crippen molar-refractivity contribution in [2.45, 2.75) is 31.8 Å². The van der Waals surface area contributed by atoms with Crippen LogP contribution in [0.15, 0.2) is 23.5 Å². The van der Waals surface area contributed by atoms with Crippen molar-refractivity contribution in [1.82, 2.24) is 10.3 Å². The van der Waals surface area contributed by atoms with E-state index < -0.39 is 0 Å². The Balaban J connectivity index is 1.96. The summed E-state index contributed by atoms with van der Waals surface area (Å²) in [4.78, 5) is 4.04. The molecule has 0 amide bonds. The Labute approximate surface area is 112 Å². The first-order valence-corrected chi connectivity index (χ1v) is 6.51. The number of aliphatic hydroxyl groups is 1. The molecule has 1 aromatic rings. The smallest absolute Gasteiger partial charge is 0.188 e. The van der Waals surface area contributed by atoms with E-state index in [1.165, 1.54) is 0 Å². The summed E-state index contributed by atoms with van der Waals surface area (Å²) in [5.41, 5.74) is 7.00. The number of pyridine rings is 1. The van der Waals surface area contributed by atoms with Gasteiger partial charge in [0.25, 0.3) is 0 Å². The number of aliphatic hydroxyl groups excluding tert-OH is 1. The van der Waals surface area contributed by atoms with Crippen molar-refractivity contribution >= 4 is 5.84 Å². The van der Waals surface area contributed by atoms with Crippen LogP contribution in [-0.2, 0) is 6.54 Å². The lowest BCUT2D eigenvalue weighted by Gasteiger charge is -2.19. The molecule has 19 heavy (non-hydrogen) atoms. The third-order valence-electron chi connectivity index (χ3n) is 3.66. The number of hydrogen-bond acceptors (Lipinski definition) is 5. The highest BCUT2D eigenvalue weighted by Crippen LogP contribution is 2.25.